The molecule has 0 aromatic carbocycles. The average molecular weight is 304 g/mol. The number of methoxy groups -OCH3 is 1. The van der Waals surface area contributed by atoms with E-state index < -0.39 is 0 Å². The number of hydrogen-bond acceptors (Lipinski definition) is 4. The van der Waals surface area contributed by atoms with Crippen molar-refractivity contribution < 1.29 is 9.47 Å². The van der Waals surface area contributed by atoms with Gasteiger partial charge in [-0.25, -0.2) is 0 Å². The molecule has 22 heavy (non-hydrogen) atoms. The normalized spacial score (nSPS) is 28.0. The molecule has 1 saturated carbocycles. The van der Waals surface area contributed by atoms with Crippen LogP contribution in [0.1, 0.15) is 44.1 Å². The SMILES string of the molecule is CCN1CCC[C@H]1COc1cncc([C@H]2C[C@@H]2CCOC)c1. The first-order valence-electron chi connectivity index (χ1n) is 8.62. The van der Waals surface area contributed by atoms with Crippen LogP contribution in [0.3, 0.4) is 0 Å². The second-order valence-corrected chi connectivity index (χ2v) is 6.57. The highest BCUT2D eigenvalue weighted by Gasteiger charge is 2.38. The van der Waals surface area contributed by atoms with E-state index in [-0.39, 0.29) is 0 Å². The third-order valence-corrected chi connectivity index (χ3v) is 5.13. The van der Waals surface area contributed by atoms with E-state index in [9.17, 15) is 0 Å². The molecule has 3 rings (SSSR count). The molecule has 0 unspecified atom stereocenters. The number of nitrogens with zero attached hydrogens (tertiary/aromatic N) is 2. The highest BCUT2D eigenvalue weighted by atomic mass is 16.5. The summed E-state index contributed by atoms with van der Waals surface area (Å²) in [6.07, 6.45) is 8.81. The lowest BCUT2D eigenvalue weighted by molar-refractivity contribution is 0.178. The lowest BCUT2D eigenvalue weighted by Gasteiger charge is -2.22. The van der Waals surface area contributed by atoms with Gasteiger partial charge in [-0.2, -0.15) is 0 Å². The zero-order valence-electron chi connectivity index (χ0n) is 13.8. The number of ether oxygens (including phenoxy) is 2. The van der Waals surface area contributed by atoms with Crippen molar-refractivity contribution in [3.63, 3.8) is 0 Å². The van der Waals surface area contributed by atoms with Crippen LogP contribution in [0.15, 0.2) is 18.5 Å². The van der Waals surface area contributed by atoms with E-state index in [0.717, 1.165) is 37.8 Å². The molecular formula is C18H28N2O2. The van der Waals surface area contributed by atoms with E-state index in [1.807, 2.05) is 12.4 Å². The van der Waals surface area contributed by atoms with Gasteiger partial charge in [-0.05, 0) is 62.2 Å². The van der Waals surface area contributed by atoms with E-state index >= 15 is 0 Å². The molecule has 0 radical (unpaired) electrons. The Hall–Kier alpha value is -1.13. The molecule has 0 spiro atoms. The van der Waals surface area contributed by atoms with E-state index in [2.05, 4.69) is 22.9 Å². The molecule has 1 aromatic heterocycles. The van der Waals surface area contributed by atoms with Gasteiger partial charge in [-0.1, -0.05) is 6.92 Å². The first-order chi connectivity index (χ1) is 10.8. The minimum absolute atomic E-state index is 0.573. The quantitative estimate of drug-likeness (QED) is 0.739. The van der Waals surface area contributed by atoms with Crippen LogP contribution in [-0.4, -0.2) is 49.3 Å². The molecule has 0 amide bonds. The van der Waals surface area contributed by atoms with Crippen LogP contribution in [-0.2, 0) is 4.74 Å². The van der Waals surface area contributed by atoms with Crippen molar-refractivity contribution in [1.82, 2.24) is 9.88 Å². The zero-order valence-corrected chi connectivity index (χ0v) is 13.8. The second-order valence-electron chi connectivity index (χ2n) is 6.57. The number of likely N-dealkylation sites (tertiary alicyclic amines) is 1. The van der Waals surface area contributed by atoms with Gasteiger partial charge in [-0.15, -0.1) is 0 Å². The van der Waals surface area contributed by atoms with Crippen molar-refractivity contribution >= 4 is 0 Å². The van der Waals surface area contributed by atoms with Gasteiger partial charge in [0.15, 0.2) is 0 Å². The summed E-state index contributed by atoms with van der Waals surface area (Å²) in [5.74, 6) is 2.35. The first-order valence-corrected chi connectivity index (χ1v) is 8.62. The van der Waals surface area contributed by atoms with Crippen molar-refractivity contribution in [2.75, 3.05) is 33.4 Å². The molecule has 1 aliphatic heterocycles. The van der Waals surface area contributed by atoms with Crippen LogP contribution in [0.5, 0.6) is 5.75 Å². The van der Waals surface area contributed by atoms with Crippen molar-refractivity contribution in [2.24, 2.45) is 5.92 Å². The van der Waals surface area contributed by atoms with Crippen LogP contribution < -0.4 is 4.74 Å². The Morgan fingerprint density at radius 1 is 1.36 bits per heavy atom. The smallest absolute Gasteiger partial charge is 0.137 e. The Kier molecular flexibility index (Phi) is 5.32. The third kappa shape index (κ3) is 3.79. The molecule has 2 fully saturated rings. The van der Waals surface area contributed by atoms with Crippen molar-refractivity contribution in [3.8, 4) is 5.75 Å². The van der Waals surface area contributed by atoms with Crippen LogP contribution >= 0.6 is 0 Å². The summed E-state index contributed by atoms with van der Waals surface area (Å²) in [4.78, 5) is 6.89. The predicted octanol–water partition coefficient (Wildman–Crippen LogP) is 3.08. The summed E-state index contributed by atoms with van der Waals surface area (Å²) in [5, 5.41) is 0. The molecule has 1 aliphatic carbocycles. The molecule has 4 nitrogen and oxygen atoms in total. The number of rotatable bonds is 8. The second kappa shape index (κ2) is 7.42. The summed E-state index contributed by atoms with van der Waals surface area (Å²) in [6.45, 7) is 6.21. The third-order valence-electron chi connectivity index (χ3n) is 5.13. The van der Waals surface area contributed by atoms with Gasteiger partial charge >= 0.3 is 0 Å². The van der Waals surface area contributed by atoms with Crippen LogP contribution in [0.25, 0.3) is 0 Å². The fourth-order valence-electron chi connectivity index (χ4n) is 3.65. The van der Waals surface area contributed by atoms with Gasteiger partial charge in [0.25, 0.3) is 0 Å². The largest absolute Gasteiger partial charge is 0.490 e. The predicted molar refractivity (Wildman–Crippen MR) is 87.3 cm³/mol. The Balaban J connectivity index is 1.51. The van der Waals surface area contributed by atoms with Crippen molar-refractivity contribution in [3.05, 3.63) is 24.0 Å². The molecular weight excluding hydrogens is 276 g/mol. The Morgan fingerprint density at radius 2 is 2.27 bits per heavy atom. The van der Waals surface area contributed by atoms with Crippen molar-refractivity contribution in [1.29, 1.82) is 0 Å². The number of hydrogen-bond donors (Lipinski definition) is 0. The first kappa shape index (κ1) is 15.8. The molecule has 1 aromatic rings. The topological polar surface area (TPSA) is 34.6 Å². The van der Waals surface area contributed by atoms with Crippen LogP contribution in [0, 0.1) is 5.92 Å². The van der Waals surface area contributed by atoms with Crippen molar-refractivity contribution in [2.45, 2.75) is 44.6 Å². The molecule has 2 aliphatic rings. The number of likely N-dealkylation sites (N-methyl/N-ethyl adjacent to an activating group) is 1. The highest BCUT2D eigenvalue weighted by Crippen LogP contribution is 2.49. The fourth-order valence-corrected chi connectivity index (χ4v) is 3.65. The van der Waals surface area contributed by atoms with Gasteiger partial charge in [0, 0.05) is 26.0 Å². The lowest BCUT2D eigenvalue weighted by atomic mass is 10.1. The van der Waals surface area contributed by atoms with E-state index in [1.165, 1.54) is 31.4 Å². The summed E-state index contributed by atoms with van der Waals surface area (Å²) in [7, 11) is 1.77. The molecule has 3 atom stereocenters. The van der Waals surface area contributed by atoms with E-state index in [4.69, 9.17) is 9.47 Å². The van der Waals surface area contributed by atoms with Crippen LogP contribution in [0.2, 0.25) is 0 Å². The molecule has 0 bridgehead atoms. The van der Waals surface area contributed by atoms with Gasteiger partial charge < -0.3 is 9.47 Å². The van der Waals surface area contributed by atoms with Crippen LogP contribution in [0.4, 0.5) is 0 Å². The maximum absolute atomic E-state index is 6.03. The molecule has 4 heteroatoms. The lowest BCUT2D eigenvalue weighted by Crippen LogP contribution is -2.33. The molecule has 122 valence electrons. The molecule has 0 N–H and O–H groups in total. The fraction of sp³-hybridized carbons (Fsp3) is 0.722. The Labute approximate surface area is 133 Å². The minimum atomic E-state index is 0.573. The molecule has 1 saturated heterocycles. The highest BCUT2D eigenvalue weighted by molar-refractivity contribution is 5.30. The maximum atomic E-state index is 6.03. The van der Waals surface area contributed by atoms with Gasteiger partial charge in [0.1, 0.15) is 12.4 Å². The monoisotopic (exact) mass is 304 g/mol. The standard InChI is InChI=1S/C18H28N2O2/c1-3-20-7-4-5-16(20)13-22-17-9-15(11-19-12-17)18-10-14(18)6-8-21-2/h9,11-12,14,16,18H,3-8,10,13H2,1-2H3/t14-,16-,18-/m0/s1. The van der Waals surface area contributed by atoms with E-state index in [0.29, 0.717) is 12.0 Å². The van der Waals surface area contributed by atoms with Gasteiger partial charge in [0.2, 0.25) is 0 Å². The summed E-state index contributed by atoms with van der Waals surface area (Å²) in [6, 6.07) is 2.76. The van der Waals surface area contributed by atoms with E-state index in [1.54, 1.807) is 7.11 Å². The summed E-state index contributed by atoms with van der Waals surface area (Å²) < 4.78 is 11.2. The summed E-state index contributed by atoms with van der Waals surface area (Å²) >= 11 is 0. The summed E-state index contributed by atoms with van der Waals surface area (Å²) in [5.41, 5.74) is 1.33. The molecule has 2 heterocycles. The maximum Gasteiger partial charge on any atom is 0.137 e. The minimum Gasteiger partial charge on any atom is -0.490 e. The Morgan fingerprint density at radius 3 is 3.09 bits per heavy atom. The number of aromatic nitrogens is 1. The Bertz CT molecular complexity index is 480. The van der Waals surface area contributed by atoms with Gasteiger partial charge in [-0.3, -0.25) is 9.88 Å². The average Bonchev–Trinajstić information content (AvgIpc) is 3.19. The van der Waals surface area contributed by atoms with Gasteiger partial charge in [0.05, 0.1) is 6.20 Å². The zero-order chi connectivity index (χ0) is 15.4. The number of pyridine rings is 1.